The number of thiazole rings is 1. The predicted molar refractivity (Wildman–Crippen MR) is 103 cm³/mol. The molecule has 1 aromatic heterocycles. The molecule has 0 aliphatic carbocycles. The van der Waals surface area contributed by atoms with Crippen molar-refractivity contribution >= 4 is 44.2 Å². The molecule has 0 bridgehead atoms. The third-order valence-corrected chi connectivity index (χ3v) is 4.50. The largest absolute Gasteiger partial charge is 0.484 e. The molecule has 2 aromatic carbocycles. The van der Waals surface area contributed by atoms with E-state index in [1.165, 1.54) is 35.6 Å². The molecular formula is C18H15N3O6S. The van der Waals surface area contributed by atoms with Gasteiger partial charge in [-0.2, -0.15) is 0 Å². The average molecular weight is 401 g/mol. The highest BCUT2D eigenvalue weighted by atomic mass is 32.1. The van der Waals surface area contributed by atoms with Gasteiger partial charge in [0.2, 0.25) is 0 Å². The van der Waals surface area contributed by atoms with Gasteiger partial charge in [-0.15, -0.1) is 0 Å². The van der Waals surface area contributed by atoms with Gasteiger partial charge in [-0.05, 0) is 37.3 Å². The molecule has 10 heteroatoms. The highest BCUT2D eigenvalue weighted by molar-refractivity contribution is 7.22. The van der Waals surface area contributed by atoms with E-state index < -0.39 is 16.8 Å². The van der Waals surface area contributed by atoms with Gasteiger partial charge in [0.15, 0.2) is 11.7 Å². The summed E-state index contributed by atoms with van der Waals surface area (Å²) >= 11 is 1.22. The Balaban J connectivity index is 1.61. The average Bonchev–Trinajstić information content (AvgIpc) is 3.08. The zero-order valence-electron chi connectivity index (χ0n) is 14.7. The lowest BCUT2D eigenvalue weighted by atomic mass is 10.2. The molecule has 0 fully saturated rings. The van der Waals surface area contributed by atoms with Gasteiger partial charge in [-0.25, -0.2) is 9.78 Å². The van der Waals surface area contributed by atoms with Crippen LogP contribution in [0.4, 0.5) is 10.8 Å². The van der Waals surface area contributed by atoms with E-state index in [4.69, 9.17) is 9.47 Å². The number of anilines is 1. The maximum atomic E-state index is 12.0. The number of ether oxygens (including phenoxy) is 2. The van der Waals surface area contributed by atoms with E-state index in [2.05, 4.69) is 10.3 Å². The van der Waals surface area contributed by atoms with Crippen molar-refractivity contribution in [1.82, 2.24) is 4.98 Å². The Morgan fingerprint density at radius 3 is 2.64 bits per heavy atom. The van der Waals surface area contributed by atoms with E-state index in [-0.39, 0.29) is 18.9 Å². The summed E-state index contributed by atoms with van der Waals surface area (Å²) in [5.41, 5.74) is 0.996. The van der Waals surface area contributed by atoms with Crippen LogP contribution in [0.25, 0.3) is 10.2 Å². The molecule has 1 amide bonds. The number of carbonyl (C=O) groups is 2. The second-order valence-electron chi connectivity index (χ2n) is 5.51. The fourth-order valence-corrected chi connectivity index (χ4v) is 3.21. The third kappa shape index (κ3) is 4.60. The molecular weight excluding hydrogens is 386 g/mol. The number of hydrogen-bond donors (Lipinski definition) is 1. The molecule has 3 aromatic rings. The Morgan fingerprint density at radius 1 is 1.21 bits per heavy atom. The Labute approximate surface area is 163 Å². The summed E-state index contributed by atoms with van der Waals surface area (Å²) in [6, 6.07) is 10.4. The minimum atomic E-state index is -0.517. The summed E-state index contributed by atoms with van der Waals surface area (Å²) < 4.78 is 11.0. The van der Waals surface area contributed by atoms with Crippen LogP contribution < -0.4 is 10.1 Å². The summed E-state index contributed by atoms with van der Waals surface area (Å²) in [4.78, 5) is 38.2. The number of benzene rings is 2. The van der Waals surface area contributed by atoms with Gasteiger partial charge >= 0.3 is 5.97 Å². The number of aromatic nitrogens is 1. The van der Waals surface area contributed by atoms with Crippen molar-refractivity contribution in [3.8, 4) is 5.75 Å². The van der Waals surface area contributed by atoms with Gasteiger partial charge in [-0.3, -0.25) is 20.2 Å². The second-order valence-corrected chi connectivity index (χ2v) is 6.54. The number of non-ortho nitro benzene ring substituents is 1. The highest BCUT2D eigenvalue weighted by Gasteiger charge is 2.12. The molecule has 144 valence electrons. The zero-order chi connectivity index (χ0) is 20.1. The smallest absolute Gasteiger partial charge is 0.338 e. The first-order valence-corrected chi connectivity index (χ1v) is 9.02. The van der Waals surface area contributed by atoms with Crippen molar-refractivity contribution in [1.29, 1.82) is 0 Å². The number of amides is 1. The lowest BCUT2D eigenvalue weighted by Gasteiger charge is -2.05. The van der Waals surface area contributed by atoms with Crippen LogP contribution in [-0.2, 0) is 9.53 Å². The number of hydrogen-bond acceptors (Lipinski definition) is 8. The lowest BCUT2D eigenvalue weighted by molar-refractivity contribution is -0.384. The number of carbonyl (C=O) groups excluding carboxylic acids is 2. The molecule has 0 radical (unpaired) electrons. The number of rotatable bonds is 7. The fraction of sp³-hybridized carbons (Fsp3) is 0.167. The van der Waals surface area contributed by atoms with Crippen LogP contribution in [0.1, 0.15) is 17.3 Å². The maximum Gasteiger partial charge on any atom is 0.338 e. The monoisotopic (exact) mass is 401 g/mol. The van der Waals surface area contributed by atoms with Crippen molar-refractivity contribution in [2.24, 2.45) is 0 Å². The Kier molecular flexibility index (Phi) is 5.80. The van der Waals surface area contributed by atoms with Crippen molar-refractivity contribution in [2.75, 3.05) is 18.5 Å². The quantitative estimate of drug-likeness (QED) is 0.366. The van der Waals surface area contributed by atoms with Gasteiger partial charge < -0.3 is 9.47 Å². The van der Waals surface area contributed by atoms with Gasteiger partial charge in [0.25, 0.3) is 11.6 Å². The Hall–Kier alpha value is -3.53. The van der Waals surface area contributed by atoms with E-state index in [1.807, 2.05) is 0 Å². The molecule has 1 N–H and O–H groups in total. The highest BCUT2D eigenvalue weighted by Crippen LogP contribution is 2.27. The van der Waals surface area contributed by atoms with E-state index in [0.29, 0.717) is 22.0 Å². The van der Waals surface area contributed by atoms with Gasteiger partial charge in [0.1, 0.15) is 5.75 Å². The number of fused-ring (bicyclic) bond motifs is 1. The molecule has 1 heterocycles. The van der Waals surface area contributed by atoms with Gasteiger partial charge in [0, 0.05) is 12.1 Å². The fourth-order valence-electron chi connectivity index (χ4n) is 2.29. The number of nitro groups is 1. The van der Waals surface area contributed by atoms with Crippen LogP contribution in [0.3, 0.4) is 0 Å². The molecule has 0 spiro atoms. The van der Waals surface area contributed by atoms with E-state index in [1.54, 1.807) is 25.1 Å². The molecule has 0 atom stereocenters. The van der Waals surface area contributed by atoms with E-state index >= 15 is 0 Å². The summed E-state index contributed by atoms with van der Waals surface area (Å²) in [6.07, 6.45) is 0. The molecule has 0 saturated carbocycles. The third-order valence-electron chi connectivity index (χ3n) is 3.56. The van der Waals surface area contributed by atoms with Crippen molar-refractivity contribution in [3.05, 3.63) is 58.1 Å². The molecule has 0 saturated heterocycles. The molecule has 0 aliphatic heterocycles. The topological polar surface area (TPSA) is 121 Å². The maximum absolute atomic E-state index is 12.0. The minimum absolute atomic E-state index is 0.0616. The first-order valence-electron chi connectivity index (χ1n) is 8.21. The predicted octanol–water partition coefficient (Wildman–Crippen LogP) is 3.40. The van der Waals surface area contributed by atoms with Crippen molar-refractivity contribution < 1.29 is 24.0 Å². The summed E-state index contributed by atoms with van der Waals surface area (Å²) in [6.45, 7) is 1.74. The van der Waals surface area contributed by atoms with Crippen molar-refractivity contribution in [3.63, 3.8) is 0 Å². The van der Waals surface area contributed by atoms with Crippen molar-refractivity contribution in [2.45, 2.75) is 6.92 Å². The second kappa shape index (κ2) is 8.44. The first-order chi connectivity index (χ1) is 13.5. The van der Waals surface area contributed by atoms with Crippen LogP contribution >= 0.6 is 11.3 Å². The summed E-state index contributed by atoms with van der Waals surface area (Å²) in [5.74, 6) is -0.507. The first kappa shape index (κ1) is 19.2. The summed E-state index contributed by atoms with van der Waals surface area (Å²) in [7, 11) is 0. The van der Waals surface area contributed by atoms with Gasteiger partial charge in [0.05, 0.1) is 27.3 Å². The Morgan fingerprint density at radius 2 is 1.96 bits per heavy atom. The van der Waals surface area contributed by atoms with E-state index in [0.717, 1.165) is 4.70 Å². The normalized spacial score (nSPS) is 10.5. The molecule has 3 rings (SSSR count). The lowest BCUT2D eigenvalue weighted by Crippen LogP contribution is -2.19. The van der Waals surface area contributed by atoms with E-state index in [9.17, 15) is 19.7 Å². The molecule has 0 aliphatic rings. The number of esters is 1. The molecule has 28 heavy (non-hydrogen) atoms. The standard InChI is InChI=1S/C18H15N3O6S/c1-2-26-17(23)11-3-8-14-15(9-11)28-18(19-14)20-16(22)10-27-13-6-4-12(5-7-13)21(24)25/h3-9H,2,10H2,1H3,(H,19,20,22). The minimum Gasteiger partial charge on any atom is -0.484 e. The SMILES string of the molecule is CCOC(=O)c1ccc2nc(NC(=O)COc3ccc([N+](=O)[O-])cc3)sc2c1. The van der Waals surface area contributed by atoms with Crippen LogP contribution in [0.2, 0.25) is 0 Å². The number of nitrogens with zero attached hydrogens (tertiary/aromatic N) is 2. The number of nitrogens with one attached hydrogen (secondary N) is 1. The number of nitro benzene ring substituents is 1. The Bertz CT molecular complexity index is 1030. The molecule has 0 unspecified atom stereocenters. The molecule has 9 nitrogen and oxygen atoms in total. The van der Waals surface area contributed by atoms with Crippen LogP contribution in [0.15, 0.2) is 42.5 Å². The van der Waals surface area contributed by atoms with Crippen LogP contribution in [-0.4, -0.2) is 35.0 Å². The van der Waals surface area contributed by atoms with Gasteiger partial charge in [-0.1, -0.05) is 11.3 Å². The van der Waals surface area contributed by atoms with Crippen LogP contribution in [0, 0.1) is 10.1 Å². The summed E-state index contributed by atoms with van der Waals surface area (Å²) in [5, 5.41) is 13.6. The zero-order valence-corrected chi connectivity index (χ0v) is 15.5. The van der Waals surface area contributed by atoms with Crippen LogP contribution in [0.5, 0.6) is 5.75 Å².